The lowest BCUT2D eigenvalue weighted by atomic mass is 9.97. The molecule has 86 valence electrons. The normalized spacial score (nSPS) is 18.5. The van der Waals surface area contributed by atoms with E-state index in [2.05, 4.69) is 10.3 Å². The fourth-order valence-corrected chi connectivity index (χ4v) is 2.22. The second kappa shape index (κ2) is 4.61. The van der Waals surface area contributed by atoms with Gasteiger partial charge in [0.15, 0.2) is 0 Å². The van der Waals surface area contributed by atoms with Gasteiger partial charge in [-0.1, -0.05) is 12.8 Å². The number of rotatable bonds is 4. The van der Waals surface area contributed by atoms with Gasteiger partial charge in [-0.3, -0.25) is 15.1 Å². The van der Waals surface area contributed by atoms with E-state index >= 15 is 0 Å². The minimum Gasteiger partial charge on any atom is -0.480 e. The number of carboxylic acid groups (broad SMARTS) is 1. The average molecular weight is 220 g/mol. The van der Waals surface area contributed by atoms with E-state index in [0.717, 1.165) is 31.2 Å². The van der Waals surface area contributed by atoms with Crippen molar-refractivity contribution in [3.63, 3.8) is 0 Å². The SMILES string of the molecule is O=C(O)C1(NCc2ccncc2)CCCC1. The Balaban J connectivity index is 2.00. The Labute approximate surface area is 94.7 Å². The van der Waals surface area contributed by atoms with Gasteiger partial charge in [0.25, 0.3) is 0 Å². The summed E-state index contributed by atoms with van der Waals surface area (Å²) in [6.45, 7) is 0.592. The summed E-state index contributed by atoms with van der Waals surface area (Å²) in [5, 5.41) is 12.5. The molecule has 0 aromatic carbocycles. The zero-order chi connectivity index (χ0) is 11.4. The van der Waals surface area contributed by atoms with E-state index in [9.17, 15) is 9.90 Å². The minimum absolute atomic E-state index is 0.592. The molecule has 0 unspecified atom stereocenters. The average Bonchev–Trinajstić information content (AvgIpc) is 2.78. The Kier molecular flexibility index (Phi) is 3.19. The van der Waals surface area contributed by atoms with Crippen LogP contribution in [-0.4, -0.2) is 21.6 Å². The van der Waals surface area contributed by atoms with Crippen LogP contribution in [0.25, 0.3) is 0 Å². The van der Waals surface area contributed by atoms with Crippen molar-refractivity contribution in [2.24, 2.45) is 0 Å². The molecule has 0 bridgehead atoms. The molecular formula is C12H16N2O2. The quantitative estimate of drug-likeness (QED) is 0.808. The molecule has 0 spiro atoms. The van der Waals surface area contributed by atoms with Crippen LogP contribution in [0.5, 0.6) is 0 Å². The van der Waals surface area contributed by atoms with Gasteiger partial charge in [0.05, 0.1) is 0 Å². The lowest BCUT2D eigenvalue weighted by molar-refractivity contribution is -0.144. The first-order valence-electron chi connectivity index (χ1n) is 5.60. The highest BCUT2D eigenvalue weighted by atomic mass is 16.4. The topological polar surface area (TPSA) is 62.2 Å². The van der Waals surface area contributed by atoms with Crippen LogP contribution >= 0.6 is 0 Å². The molecule has 1 aliphatic rings. The zero-order valence-electron chi connectivity index (χ0n) is 9.15. The molecule has 0 atom stereocenters. The van der Waals surface area contributed by atoms with Crippen molar-refractivity contribution in [3.05, 3.63) is 30.1 Å². The molecule has 2 N–H and O–H groups in total. The second-order valence-electron chi connectivity index (χ2n) is 4.30. The molecule has 1 fully saturated rings. The number of nitrogens with zero attached hydrogens (tertiary/aromatic N) is 1. The Morgan fingerprint density at radius 1 is 1.38 bits per heavy atom. The second-order valence-corrected chi connectivity index (χ2v) is 4.30. The van der Waals surface area contributed by atoms with Gasteiger partial charge in [-0.15, -0.1) is 0 Å². The van der Waals surface area contributed by atoms with Crippen LogP contribution in [0.4, 0.5) is 0 Å². The third-order valence-electron chi connectivity index (χ3n) is 3.25. The highest BCUT2D eigenvalue weighted by Crippen LogP contribution is 2.30. The first kappa shape index (κ1) is 11.1. The Bertz CT molecular complexity index is 359. The van der Waals surface area contributed by atoms with Crippen molar-refractivity contribution in [3.8, 4) is 0 Å². The largest absolute Gasteiger partial charge is 0.480 e. The summed E-state index contributed by atoms with van der Waals surface area (Å²) >= 11 is 0. The Morgan fingerprint density at radius 2 is 2.00 bits per heavy atom. The van der Waals surface area contributed by atoms with Crippen LogP contribution in [0, 0.1) is 0 Å². The number of carboxylic acids is 1. The number of aliphatic carboxylic acids is 1. The van der Waals surface area contributed by atoms with Gasteiger partial charge in [-0.25, -0.2) is 0 Å². The highest BCUT2D eigenvalue weighted by Gasteiger charge is 2.40. The summed E-state index contributed by atoms with van der Waals surface area (Å²) in [6.07, 6.45) is 6.89. The maximum atomic E-state index is 11.3. The zero-order valence-corrected chi connectivity index (χ0v) is 9.15. The summed E-state index contributed by atoms with van der Waals surface area (Å²) in [6, 6.07) is 3.80. The summed E-state index contributed by atoms with van der Waals surface area (Å²) < 4.78 is 0. The van der Waals surface area contributed by atoms with Crippen molar-refractivity contribution in [2.45, 2.75) is 37.8 Å². The van der Waals surface area contributed by atoms with Crippen LogP contribution in [0.1, 0.15) is 31.2 Å². The molecule has 2 rings (SSSR count). The van der Waals surface area contributed by atoms with E-state index in [1.165, 1.54) is 0 Å². The number of nitrogens with one attached hydrogen (secondary N) is 1. The van der Waals surface area contributed by atoms with E-state index in [4.69, 9.17) is 0 Å². The van der Waals surface area contributed by atoms with Gasteiger partial charge in [-0.2, -0.15) is 0 Å². The first-order valence-corrected chi connectivity index (χ1v) is 5.60. The van der Waals surface area contributed by atoms with Gasteiger partial charge in [0.1, 0.15) is 5.54 Å². The third kappa shape index (κ3) is 2.22. The molecular weight excluding hydrogens is 204 g/mol. The van der Waals surface area contributed by atoms with Crippen LogP contribution < -0.4 is 5.32 Å². The molecule has 16 heavy (non-hydrogen) atoms. The molecule has 1 heterocycles. The number of hydrogen-bond acceptors (Lipinski definition) is 3. The number of hydrogen-bond donors (Lipinski definition) is 2. The molecule has 0 radical (unpaired) electrons. The molecule has 0 saturated heterocycles. The van der Waals surface area contributed by atoms with E-state index in [-0.39, 0.29) is 0 Å². The molecule has 4 nitrogen and oxygen atoms in total. The summed E-state index contributed by atoms with van der Waals surface area (Å²) in [5.41, 5.74) is 0.367. The fraction of sp³-hybridized carbons (Fsp3) is 0.500. The first-order chi connectivity index (χ1) is 7.73. The van der Waals surface area contributed by atoms with Crippen molar-refractivity contribution < 1.29 is 9.90 Å². The lowest BCUT2D eigenvalue weighted by Crippen LogP contribution is -2.49. The molecule has 1 aromatic heterocycles. The van der Waals surface area contributed by atoms with E-state index in [1.54, 1.807) is 12.4 Å². The predicted octanol–water partition coefficient (Wildman–Crippen LogP) is 1.57. The summed E-state index contributed by atoms with van der Waals surface area (Å²) in [4.78, 5) is 15.2. The monoisotopic (exact) mass is 220 g/mol. The number of aromatic nitrogens is 1. The molecule has 4 heteroatoms. The molecule has 1 aliphatic carbocycles. The minimum atomic E-state index is -0.723. The fourth-order valence-electron chi connectivity index (χ4n) is 2.22. The van der Waals surface area contributed by atoms with Crippen molar-refractivity contribution >= 4 is 5.97 Å². The maximum Gasteiger partial charge on any atom is 0.323 e. The van der Waals surface area contributed by atoms with Gasteiger partial charge in [0, 0.05) is 18.9 Å². The van der Waals surface area contributed by atoms with Gasteiger partial charge < -0.3 is 5.11 Å². The molecule has 1 aromatic rings. The van der Waals surface area contributed by atoms with Gasteiger partial charge >= 0.3 is 5.97 Å². The standard InChI is InChI=1S/C12H16N2O2/c15-11(16)12(5-1-2-6-12)14-9-10-3-7-13-8-4-10/h3-4,7-8,14H,1-2,5-6,9H2,(H,15,16). The van der Waals surface area contributed by atoms with Crippen LogP contribution in [-0.2, 0) is 11.3 Å². The summed E-state index contributed by atoms with van der Waals surface area (Å²) in [5.74, 6) is -0.723. The van der Waals surface area contributed by atoms with Gasteiger partial charge in [-0.05, 0) is 30.5 Å². The van der Waals surface area contributed by atoms with Crippen molar-refractivity contribution in [2.75, 3.05) is 0 Å². The lowest BCUT2D eigenvalue weighted by Gasteiger charge is -2.25. The van der Waals surface area contributed by atoms with E-state index in [0.29, 0.717) is 6.54 Å². The van der Waals surface area contributed by atoms with Crippen molar-refractivity contribution in [1.29, 1.82) is 0 Å². The van der Waals surface area contributed by atoms with Crippen LogP contribution in [0.3, 0.4) is 0 Å². The number of pyridine rings is 1. The Hall–Kier alpha value is -1.42. The van der Waals surface area contributed by atoms with E-state index in [1.807, 2.05) is 12.1 Å². The van der Waals surface area contributed by atoms with Crippen molar-refractivity contribution in [1.82, 2.24) is 10.3 Å². The van der Waals surface area contributed by atoms with Gasteiger partial charge in [0.2, 0.25) is 0 Å². The van der Waals surface area contributed by atoms with Crippen LogP contribution in [0.15, 0.2) is 24.5 Å². The highest BCUT2D eigenvalue weighted by molar-refractivity contribution is 5.79. The summed E-state index contributed by atoms with van der Waals surface area (Å²) in [7, 11) is 0. The Morgan fingerprint density at radius 3 is 2.56 bits per heavy atom. The molecule has 0 amide bonds. The third-order valence-corrected chi connectivity index (χ3v) is 3.25. The predicted molar refractivity (Wildman–Crippen MR) is 59.9 cm³/mol. The molecule has 0 aliphatic heterocycles. The number of carbonyl (C=O) groups is 1. The van der Waals surface area contributed by atoms with Crippen LogP contribution in [0.2, 0.25) is 0 Å². The maximum absolute atomic E-state index is 11.3. The smallest absolute Gasteiger partial charge is 0.323 e. The molecule has 1 saturated carbocycles. The van der Waals surface area contributed by atoms with E-state index < -0.39 is 11.5 Å².